The minimum absolute atomic E-state index is 0.318. The fourth-order valence-electron chi connectivity index (χ4n) is 1.12. The maximum absolute atomic E-state index is 11.1. The van der Waals surface area contributed by atoms with E-state index in [1.54, 1.807) is 19.4 Å². The Balaban J connectivity index is 2.74. The number of aryl methyl sites for hydroxylation is 1. The summed E-state index contributed by atoms with van der Waals surface area (Å²) < 4.78 is 0. The van der Waals surface area contributed by atoms with Crippen molar-refractivity contribution in [3.8, 4) is 0 Å². The number of carbonyl (C=O) groups excluding carboxylic acids is 1. The Bertz CT molecular complexity index is 349. The van der Waals surface area contributed by atoms with E-state index < -0.39 is 0 Å². The van der Waals surface area contributed by atoms with Crippen molar-refractivity contribution in [1.29, 1.82) is 0 Å². The van der Waals surface area contributed by atoms with Crippen molar-refractivity contribution < 1.29 is 4.79 Å². The molecule has 0 unspecified atom stereocenters. The van der Waals surface area contributed by atoms with Gasteiger partial charge in [0.05, 0.1) is 0 Å². The van der Waals surface area contributed by atoms with Crippen LogP contribution in [0.15, 0.2) is 23.5 Å². The SMILES string of the molecule is C=NC(=O)N(C)Cc1ccncc1C. The van der Waals surface area contributed by atoms with Crippen LogP contribution in [0, 0.1) is 6.92 Å². The average Bonchev–Trinajstić information content (AvgIpc) is 2.20. The third-order valence-electron chi connectivity index (χ3n) is 2.01. The Hall–Kier alpha value is -1.71. The molecule has 0 fully saturated rings. The first-order valence-electron chi connectivity index (χ1n) is 4.26. The van der Waals surface area contributed by atoms with Crippen molar-refractivity contribution in [3.05, 3.63) is 29.6 Å². The van der Waals surface area contributed by atoms with Gasteiger partial charge < -0.3 is 4.90 Å². The van der Waals surface area contributed by atoms with Gasteiger partial charge in [0.2, 0.25) is 0 Å². The second kappa shape index (κ2) is 4.50. The molecule has 0 radical (unpaired) electrons. The number of pyridine rings is 1. The molecule has 0 atom stereocenters. The van der Waals surface area contributed by atoms with Crippen molar-refractivity contribution in [2.75, 3.05) is 7.05 Å². The van der Waals surface area contributed by atoms with Crippen molar-refractivity contribution in [3.63, 3.8) is 0 Å². The molecule has 0 aliphatic carbocycles. The van der Waals surface area contributed by atoms with E-state index in [1.165, 1.54) is 4.90 Å². The van der Waals surface area contributed by atoms with Gasteiger partial charge >= 0.3 is 6.03 Å². The molecule has 1 heterocycles. The highest BCUT2D eigenvalue weighted by Crippen LogP contribution is 2.08. The number of nitrogens with zero attached hydrogens (tertiary/aromatic N) is 3. The van der Waals surface area contributed by atoms with E-state index in [1.807, 2.05) is 13.0 Å². The maximum Gasteiger partial charge on any atom is 0.342 e. The molecular formula is C10H13N3O. The van der Waals surface area contributed by atoms with Gasteiger partial charge in [0, 0.05) is 26.0 Å². The monoisotopic (exact) mass is 191 g/mol. The molecule has 14 heavy (non-hydrogen) atoms. The van der Waals surface area contributed by atoms with Gasteiger partial charge in [-0.15, -0.1) is 0 Å². The van der Waals surface area contributed by atoms with Crippen LogP contribution in [0.4, 0.5) is 4.79 Å². The quantitative estimate of drug-likeness (QED) is 0.667. The first kappa shape index (κ1) is 10.4. The van der Waals surface area contributed by atoms with E-state index in [0.717, 1.165) is 11.1 Å². The molecule has 74 valence electrons. The topological polar surface area (TPSA) is 45.6 Å². The van der Waals surface area contributed by atoms with Gasteiger partial charge in [-0.1, -0.05) is 0 Å². The van der Waals surface area contributed by atoms with Gasteiger partial charge in [0.1, 0.15) is 0 Å². The van der Waals surface area contributed by atoms with Crippen molar-refractivity contribution >= 4 is 12.7 Å². The molecule has 4 nitrogen and oxygen atoms in total. The van der Waals surface area contributed by atoms with Gasteiger partial charge in [0.25, 0.3) is 0 Å². The highest BCUT2D eigenvalue weighted by atomic mass is 16.2. The zero-order chi connectivity index (χ0) is 10.6. The summed E-state index contributed by atoms with van der Waals surface area (Å²) in [6.45, 7) is 5.69. The number of aromatic nitrogens is 1. The molecule has 0 aliphatic rings. The Morgan fingerprint density at radius 2 is 2.43 bits per heavy atom. The lowest BCUT2D eigenvalue weighted by molar-refractivity contribution is 0.217. The number of amides is 2. The number of hydrogen-bond acceptors (Lipinski definition) is 2. The summed E-state index contributed by atoms with van der Waals surface area (Å²) in [5.41, 5.74) is 2.13. The molecule has 0 spiro atoms. The van der Waals surface area contributed by atoms with Gasteiger partial charge in [-0.3, -0.25) is 4.98 Å². The Kier molecular flexibility index (Phi) is 3.34. The Morgan fingerprint density at radius 1 is 1.71 bits per heavy atom. The highest BCUT2D eigenvalue weighted by Gasteiger charge is 2.07. The van der Waals surface area contributed by atoms with E-state index >= 15 is 0 Å². The lowest BCUT2D eigenvalue weighted by Crippen LogP contribution is -2.23. The normalized spacial score (nSPS) is 9.57. The molecule has 1 aromatic heterocycles. The minimum atomic E-state index is -0.318. The maximum atomic E-state index is 11.1. The van der Waals surface area contributed by atoms with Crippen LogP contribution in [0.25, 0.3) is 0 Å². The van der Waals surface area contributed by atoms with Gasteiger partial charge in [-0.25, -0.2) is 9.79 Å². The van der Waals surface area contributed by atoms with Crippen LogP contribution in [0.3, 0.4) is 0 Å². The van der Waals surface area contributed by atoms with E-state index in [-0.39, 0.29) is 6.03 Å². The lowest BCUT2D eigenvalue weighted by Gasteiger charge is -2.14. The second-order valence-electron chi connectivity index (χ2n) is 3.10. The summed E-state index contributed by atoms with van der Waals surface area (Å²) in [6.07, 6.45) is 3.48. The first-order chi connectivity index (χ1) is 6.65. The minimum Gasteiger partial charge on any atom is -0.322 e. The third-order valence-corrected chi connectivity index (χ3v) is 2.01. The molecule has 2 amide bonds. The van der Waals surface area contributed by atoms with Crippen molar-refractivity contribution in [1.82, 2.24) is 9.88 Å². The molecule has 0 aliphatic heterocycles. The number of aliphatic imine (C=N–C) groups is 1. The van der Waals surface area contributed by atoms with Crippen LogP contribution in [0.5, 0.6) is 0 Å². The van der Waals surface area contributed by atoms with Crippen LogP contribution < -0.4 is 0 Å². The van der Waals surface area contributed by atoms with E-state index in [0.29, 0.717) is 6.54 Å². The van der Waals surface area contributed by atoms with Crippen LogP contribution in [0.2, 0.25) is 0 Å². The molecule has 0 saturated carbocycles. The molecule has 0 bridgehead atoms. The zero-order valence-electron chi connectivity index (χ0n) is 8.40. The summed E-state index contributed by atoms with van der Waals surface area (Å²) >= 11 is 0. The zero-order valence-corrected chi connectivity index (χ0v) is 8.40. The molecule has 0 aromatic carbocycles. The van der Waals surface area contributed by atoms with Gasteiger partial charge in [0.15, 0.2) is 0 Å². The predicted molar refractivity (Wildman–Crippen MR) is 55.4 cm³/mol. The average molecular weight is 191 g/mol. The van der Waals surface area contributed by atoms with Crippen LogP contribution in [-0.4, -0.2) is 29.7 Å². The summed E-state index contributed by atoms with van der Waals surface area (Å²) in [4.78, 5) is 19.9. The number of rotatable bonds is 2. The fraction of sp³-hybridized carbons (Fsp3) is 0.300. The fourth-order valence-corrected chi connectivity index (χ4v) is 1.12. The van der Waals surface area contributed by atoms with E-state index in [4.69, 9.17) is 0 Å². The van der Waals surface area contributed by atoms with Gasteiger partial charge in [-0.2, -0.15) is 0 Å². The number of carbonyl (C=O) groups is 1. The highest BCUT2D eigenvalue weighted by molar-refractivity contribution is 5.78. The molecule has 1 rings (SSSR count). The summed E-state index contributed by atoms with van der Waals surface area (Å²) in [6, 6.07) is 1.57. The molecule has 4 heteroatoms. The molecule has 0 N–H and O–H groups in total. The predicted octanol–water partition coefficient (Wildman–Crippen LogP) is 1.64. The first-order valence-corrected chi connectivity index (χ1v) is 4.26. The van der Waals surface area contributed by atoms with Gasteiger partial charge in [-0.05, 0) is 30.8 Å². The van der Waals surface area contributed by atoms with Crippen molar-refractivity contribution in [2.45, 2.75) is 13.5 Å². The molecule has 1 aromatic rings. The second-order valence-corrected chi connectivity index (χ2v) is 3.10. The molecular weight excluding hydrogens is 178 g/mol. The standard InChI is InChI=1S/C10H13N3O/c1-8-6-12-5-4-9(8)7-13(3)10(14)11-2/h4-6H,2,7H2,1,3H3. The third kappa shape index (κ3) is 2.39. The number of hydrogen-bond donors (Lipinski definition) is 0. The largest absolute Gasteiger partial charge is 0.342 e. The van der Waals surface area contributed by atoms with Crippen molar-refractivity contribution in [2.24, 2.45) is 4.99 Å². The Labute approximate surface area is 83.3 Å². The summed E-state index contributed by atoms with van der Waals surface area (Å²) in [7, 11) is 1.69. The molecule has 0 saturated heterocycles. The summed E-state index contributed by atoms with van der Waals surface area (Å²) in [5, 5.41) is 0. The van der Waals surface area contributed by atoms with E-state index in [9.17, 15) is 4.79 Å². The lowest BCUT2D eigenvalue weighted by atomic mass is 10.1. The number of urea groups is 1. The van der Waals surface area contributed by atoms with Crippen LogP contribution in [-0.2, 0) is 6.54 Å². The Morgan fingerprint density at radius 3 is 3.00 bits per heavy atom. The van der Waals surface area contributed by atoms with Crippen LogP contribution >= 0.6 is 0 Å². The smallest absolute Gasteiger partial charge is 0.322 e. The van der Waals surface area contributed by atoms with Crippen LogP contribution in [0.1, 0.15) is 11.1 Å². The van der Waals surface area contributed by atoms with E-state index in [2.05, 4.69) is 16.7 Å². The summed E-state index contributed by atoms with van der Waals surface area (Å²) in [5.74, 6) is 0.